The lowest BCUT2D eigenvalue weighted by molar-refractivity contribution is 0.202. The van der Waals surface area contributed by atoms with Crippen LogP contribution >= 0.6 is 0 Å². The summed E-state index contributed by atoms with van der Waals surface area (Å²) in [5, 5.41) is 12.1. The van der Waals surface area contributed by atoms with Gasteiger partial charge in [0.05, 0.1) is 6.07 Å². The molecule has 0 aliphatic carbocycles. The molecule has 1 aliphatic rings. The smallest absolute Gasteiger partial charge is 0.110 e. The zero-order chi connectivity index (χ0) is 9.52. The number of nitrogens with zero attached hydrogens (tertiary/aromatic N) is 2. The van der Waals surface area contributed by atoms with Crippen LogP contribution in [0.2, 0.25) is 0 Å². The van der Waals surface area contributed by atoms with E-state index in [1.54, 1.807) is 0 Å². The van der Waals surface area contributed by atoms with E-state index in [-0.39, 0.29) is 6.04 Å². The molecular formula is C10H15N3. The van der Waals surface area contributed by atoms with Crippen molar-refractivity contribution < 1.29 is 0 Å². The molecule has 0 bridgehead atoms. The zero-order valence-electron chi connectivity index (χ0n) is 8.01. The van der Waals surface area contributed by atoms with Crippen LogP contribution in [0.3, 0.4) is 0 Å². The molecule has 0 amide bonds. The maximum absolute atomic E-state index is 8.85. The van der Waals surface area contributed by atoms with Gasteiger partial charge >= 0.3 is 0 Å². The Morgan fingerprint density at radius 3 is 3.15 bits per heavy atom. The van der Waals surface area contributed by atoms with Crippen molar-refractivity contribution in [2.75, 3.05) is 26.2 Å². The van der Waals surface area contributed by atoms with Crippen LogP contribution in [-0.2, 0) is 0 Å². The largest absolute Gasteiger partial charge is 0.313 e. The Morgan fingerprint density at radius 1 is 1.62 bits per heavy atom. The second kappa shape index (κ2) is 5.59. The summed E-state index contributed by atoms with van der Waals surface area (Å²) in [7, 11) is 0. The third kappa shape index (κ3) is 3.06. The van der Waals surface area contributed by atoms with Crippen LogP contribution in [0.25, 0.3) is 0 Å². The van der Waals surface area contributed by atoms with Crippen molar-refractivity contribution in [1.82, 2.24) is 10.2 Å². The topological polar surface area (TPSA) is 39.1 Å². The van der Waals surface area contributed by atoms with Crippen LogP contribution in [0.15, 0.2) is 0 Å². The highest BCUT2D eigenvalue weighted by molar-refractivity contribution is 4.99. The predicted molar refractivity (Wildman–Crippen MR) is 51.9 cm³/mol. The number of nitrogens with one attached hydrogen (secondary N) is 1. The van der Waals surface area contributed by atoms with Gasteiger partial charge in [-0.3, -0.25) is 4.90 Å². The van der Waals surface area contributed by atoms with Crippen molar-refractivity contribution in [2.45, 2.75) is 19.4 Å². The first-order chi connectivity index (χ1) is 6.38. The van der Waals surface area contributed by atoms with E-state index in [1.807, 2.05) is 6.92 Å². The molecule has 3 heteroatoms. The maximum Gasteiger partial charge on any atom is 0.110 e. The molecule has 0 aromatic carbocycles. The molecule has 1 atom stereocenters. The van der Waals surface area contributed by atoms with E-state index in [4.69, 9.17) is 5.26 Å². The Morgan fingerprint density at radius 2 is 2.46 bits per heavy atom. The number of rotatable bonds is 2. The molecule has 0 saturated carbocycles. The lowest BCUT2D eigenvalue weighted by Crippen LogP contribution is -2.50. The first-order valence-corrected chi connectivity index (χ1v) is 4.62. The Labute approximate surface area is 79.7 Å². The van der Waals surface area contributed by atoms with Gasteiger partial charge in [0.15, 0.2) is 0 Å². The molecule has 1 N–H and O–H groups in total. The lowest BCUT2D eigenvalue weighted by atomic mass is 10.2. The van der Waals surface area contributed by atoms with Crippen molar-refractivity contribution in [2.24, 2.45) is 0 Å². The average molecular weight is 177 g/mol. The summed E-state index contributed by atoms with van der Waals surface area (Å²) in [6.07, 6.45) is 0.870. The molecule has 1 saturated heterocycles. The maximum atomic E-state index is 8.85. The Hall–Kier alpha value is -1.03. The fourth-order valence-corrected chi connectivity index (χ4v) is 1.47. The van der Waals surface area contributed by atoms with Crippen molar-refractivity contribution in [3.05, 3.63) is 0 Å². The molecule has 0 aromatic rings. The van der Waals surface area contributed by atoms with Gasteiger partial charge in [0.1, 0.15) is 6.04 Å². The Bertz CT molecular complexity index is 243. The van der Waals surface area contributed by atoms with Crippen molar-refractivity contribution in [3.8, 4) is 17.9 Å². The summed E-state index contributed by atoms with van der Waals surface area (Å²) in [5.41, 5.74) is 0. The van der Waals surface area contributed by atoms with Gasteiger partial charge in [-0.1, -0.05) is 0 Å². The molecule has 70 valence electrons. The minimum absolute atomic E-state index is 0.0346. The third-order valence-corrected chi connectivity index (χ3v) is 2.20. The number of hydrogen-bond acceptors (Lipinski definition) is 3. The molecule has 13 heavy (non-hydrogen) atoms. The molecule has 0 spiro atoms. The van der Waals surface area contributed by atoms with Gasteiger partial charge in [0.2, 0.25) is 0 Å². The summed E-state index contributed by atoms with van der Waals surface area (Å²) in [6.45, 7) is 5.50. The van der Waals surface area contributed by atoms with E-state index in [9.17, 15) is 0 Å². The standard InChI is InChI=1S/C10H15N3/c1-2-3-4-6-13-7-5-12-9-10(13)8-11/h10,12H,4-7,9H2,1H3. The normalized spacial score (nSPS) is 22.9. The number of nitriles is 1. The highest BCUT2D eigenvalue weighted by Gasteiger charge is 2.20. The second-order valence-electron chi connectivity index (χ2n) is 3.06. The highest BCUT2D eigenvalue weighted by Crippen LogP contribution is 2.02. The minimum Gasteiger partial charge on any atom is -0.313 e. The zero-order valence-corrected chi connectivity index (χ0v) is 8.01. The molecule has 1 heterocycles. The third-order valence-electron chi connectivity index (χ3n) is 2.20. The minimum atomic E-state index is 0.0346. The van der Waals surface area contributed by atoms with Gasteiger partial charge in [-0.05, 0) is 6.92 Å². The van der Waals surface area contributed by atoms with Gasteiger partial charge in [-0.2, -0.15) is 5.26 Å². The van der Waals surface area contributed by atoms with Crippen molar-refractivity contribution in [3.63, 3.8) is 0 Å². The van der Waals surface area contributed by atoms with Gasteiger partial charge in [-0.15, -0.1) is 11.8 Å². The van der Waals surface area contributed by atoms with E-state index in [2.05, 4.69) is 28.1 Å². The van der Waals surface area contributed by atoms with Crippen LogP contribution in [0, 0.1) is 23.2 Å². The van der Waals surface area contributed by atoms with Gasteiger partial charge in [0.25, 0.3) is 0 Å². The first-order valence-electron chi connectivity index (χ1n) is 4.62. The van der Waals surface area contributed by atoms with Crippen LogP contribution < -0.4 is 5.32 Å². The van der Waals surface area contributed by atoms with Crippen molar-refractivity contribution in [1.29, 1.82) is 5.26 Å². The van der Waals surface area contributed by atoms with E-state index in [1.165, 1.54) is 0 Å². The monoisotopic (exact) mass is 177 g/mol. The summed E-state index contributed by atoms with van der Waals surface area (Å²) < 4.78 is 0. The van der Waals surface area contributed by atoms with Crippen LogP contribution in [0.5, 0.6) is 0 Å². The number of hydrogen-bond donors (Lipinski definition) is 1. The van der Waals surface area contributed by atoms with Crippen LogP contribution in [-0.4, -0.2) is 37.1 Å². The molecule has 0 radical (unpaired) electrons. The van der Waals surface area contributed by atoms with E-state index in [0.29, 0.717) is 0 Å². The Kier molecular flexibility index (Phi) is 4.32. The SMILES string of the molecule is CC#CCCN1CCNCC1C#N. The average Bonchev–Trinajstić information content (AvgIpc) is 2.19. The van der Waals surface area contributed by atoms with Gasteiger partial charge in [-0.25, -0.2) is 0 Å². The van der Waals surface area contributed by atoms with Crippen LogP contribution in [0.1, 0.15) is 13.3 Å². The molecule has 0 aromatic heterocycles. The number of piperazine rings is 1. The summed E-state index contributed by atoms with van der Waals surface area (Å²) >= 11 is 0. The molecular weight excluding hydrogens is 162 g/mol. The second-order valence-corrected chi connectivity index (χ2v) is 3.06. The summed E-state index contributed by atoms with van der Waals surface area (Å²) in [4.78, 5) is 2.20. The fraction of sp³-hybridized carbons (Fsp3) is 0.700. The van der Waals surface area contributed by atoms with Gasteiger partial charge in [0, 0.05) is 32.6 Å². The molecule has 3 nitrogen and oxygen atoms in total. The molecule has 1 unspecified atom stereocenters. The summed E-state index contributed by atoms with van der Waals surface area (Å²) in [5.74, 6) is 5.88. The van der Waals surface area contributed by atoms with Crippen LogP contribution in [0.4, 0.5) is 0 Å². The quantitative estimate of drug-likeness (QED) is 0.612. The van der Waals surface area contributed by atoms with E-state index in [0.717, 1.165) is 32.6 Å². The molecule has 1 fully saturated rings. The van der Waals surface area contributed by atoms with E-state index >= 15 is 0 Å². The first kappa shape index (κ1) is 10.1. The Balaban J connectivity index is 2.35. The van der Waals surface area contributed by atoms with Gasteiger partial charge < -0.3 is 5.32 Å². The summed E-state index contributed by atoms with van der Waals surface area (Å²) in [6, 6.07) is 2.33. The van der Waals surface area contributed by atoms with Crippen molar-refractivity contribution >= 4 is 0 Å². The molecule has 1 aliphatic heterocycles. The fourth-order valence-electron chi connectivity index (χ4n) is 1.47. The lowest BCUT2D eigenvalue weighted by Gasteiger charge is -2.31. The highest BCUT2D eigenvalue weighted by atomic mass is 15.2. The molecule has 1 rings (SSSR count). The predicted octanol–water partition coefficient (Wildman–Crippen LogP) is 0.197. The van der Waals surface area contributed by atoms with E-state index < -0.39 is 0 Å².